The van der Waals surface area contributed by atoms with Gasteiger partial charge >= 0.3 is 6.03 Å². The van der Waals surface area contributed by atoms with Crippen molar-refractivity contribution < 1.29 is 14.6 Å². The van der Waals surface area contributed by atoms with Gasteiger partial charge in [-0.15, -0.1) is 0 Å². The van der Waals surface area contributed by atoms with Gasteiger partial charge in [-0.1, -0.05) is 18.2 Å². The van der Waals surface area contributed by atoms with E-state index in [4.69, 9.17) is 4.74 Å². The minimum Gasteiger partial charge on any atom is -0.490 e. The van der Waals surface area contributed by atoms with Crippen molar-refractivity contribution in [3.63, 3.8) is 0 Å². The van der Waals surface area contributed by atoms with Crippen LogP contribution in [-0.4, -0.2) is 61.5 Å². The Balaban J connectivity index is 1.70. The zero-order chi connectivity index (χ0) is 19.1. The first-order valence-corrected chi connectivity index (χ1v) is 9.44. The number of para-hydroxylation sites is 1. The number of aliphatic hydroxyl groups is 1. The van der Waals surface area contributed by atoms with Crippen LogP contribution in [0, 0.1) is 13.8 Å². The number of aryl methyl sites for hydroxylation is 2. The first-order chi connectivity index (χ1) is 12.4. The van der Waals surface area contributed by atoms with Gasteiger partial charge in [-0.05, 0) is 64.8 Å². The van der Waals surface area contributed by atoms with E-state index in [0.717, 1.165) is 36.1 Å². The lowest BCUT2D eigenvalue weighted by Gasteiger charge is -2.33. The summed E-state index contributed by atoms with van der Waals surface area (Å²) in [5, 5.41) is 15.9. The summed E-state index contributed by atoms with van der Waals surface area (Å²) in [7, 11) is 4.17. The molecule has 3 N–H and O–H groups in total. The number of urea groups is 1. The summed E-state index contributed by atoms with van der Waals surface area (Å²) in [5.41, 5.74) is 2.08. The molecule has 0 aliphatic heterocycles. The fraction of sp³-hybridized carbons (Fsp3) is 0.650. The normalized spacial score (nSPS) is 21.3. The molecule has 0 heterocycles. The fourth-order valence-electron chi connectivity index (χ4n) is 3.48. The first kappa shape index (κ1) is 20.5. The molecule has 0 radical (unpaired) electrons. The first-order valence-electron chi connectivity index (χ1n) is 9.44. The topological polar surface area (TPSA) is 73.8 Å². The molecule has 6 heteroatoms. The Morgan fingerprint density at radius 3 is 2.65 bits per heavy atom. The summed E-state index contributed by atoms with van der Waals surface area (Å²) >= 11 is 0. The van der Waals surface area contributed by atoms with E-state index >= 15 is 0 Å². The van der Waals surface area contributed by atoms with Crippen molar-refractivity contribution >= 4 is 6.03 Å². The van der Waals surface area contributed by atoms with Crippen molar-refractivity contribution in [3.8, 4) is 5.75 Å². The summed E-state index contributed by atoms with van der Waals surface area (Å²) in [6.45, 7) is 4.27. The number of carbonyl (C=O) groups is 1. The van der Waals surface area contributed by atoms with Crippen LogP contribution >= 0.6 is 0 Å². The molecule has 1 fully saturated rings. The minimum atomic E-state index is -0.749. The number of rotatable bonds is 7. The molecule has 1 aromatic rings. The van der Waals surface area contributed by atoms with E-state index < -0.39 is 6.10 Å². The zero-order valence-corrected chi connectivity index (χ0v) is 16.4. The Bertz CT molecular complexity index is 571. The standard InChI is InChI=1S/C20H33N3O3/c1-14-7-5-8-15(2)19(14)26-13-18(24)12-21-20(25)22-16-9-6-10-17(11-16)23(3)4/h5,7-8,16-18,24H,6,9-13H2,1-4H3,(H2,21,22,25)/t16-,17-,18-/m1/s1. The number of ether oxygens (including phenoxy) is 1. The number of nitrogens with one attached hydrogen (secondary N) is 2. The van der Waals surface area contributed by atoms with Gasteiger partial charge in [0.05, 0.1) is 0 Å². The molecule has 0 saturated heterocycles. The highest BCUT2D eigenvalue weighted by atomic mass is 16.5. The molecule has 2 amide bonds. The predicted molar refractivity (Wildman–Crippen MR) is 104 cm³/mol. The molecular formula is C20H33N3O3. The van der Waals surface area contributed by atoms with Gasteiger partial charge in [0.1, 0.15) is 18.5 Å². The van der Waals surface area contributed by atoms with Crippen LogP contribution in [0.4, 0.5) is 4.79 Å². The molecule has 1 aliphatic rings. The third-order valence-corrected chi connectivity index (χ3v) is 5.04. The van der Waals surface area contributed by atoms with Crippen LogP contribution in [0.5, 0.6) is 5.75 Å². The molecular weight excluding hydrogens is 330 g/mol. The Morgan fingerprint density at radius 1 is 1.31 bits per heavy atom. The van der Waals surface area contributed by atoms with Crippen LogP contribution in [0.2, 0.25) is 0 Å². The van der Waals surface area contributed by atoms with E-state index in [1.807, 2.05) is 32.0 Å². The van der Waals surface area contributed by atoms with Crippen LogP contribution < -0.4 is 15.4 Å². The van der Waals surface area contributed by atoms with Crippen LogP contribution in [0.3, 0.4) is 0 Å². The molecule has 2 rings (SSSR count). The number of carbonyl (C=O) groups excluding carboxylic acids is 1. The SMILES string of the molecule is Cc1cccc(C)c1OC[C@H](O)CNC(=O)N[C@@H]1CCC[C@@H](N(C)C)C1. The number of amides is 2. The van der Waals surface area contributed by atoms with Gasteiger partial charge in [0.15, 0.2) is 0 Å². The van der Waals surface area contributed by atoms with Crippen molar-refractivity contribution in [2.24, 2.45) is 0 Å². The Labute approximate surface area is 156 Å². The summed E-state index contributed by atoms with van der Waals surface area (Å²) in [6.07, 6.45) is 3.54. The van der Waals surface area contributed by atoms with Crippen molar-refractivity contribution in [2.45, 2.75) is 57.7 Å². The minimum absolute atomic E-state index is 0.151. The maximum Gasteiger partial charge on any atom is 0.315 e. The molecule has 146 valence electrons. The van der Waals surface area contributed by atoms with Crippen LogP contribution in [0.1, 0.15) is 36.8 Å². The Kier molecular flexibility index (Phi) is 7.72. The molecule has 0 bridgehead atoms. The van der Waals surface area contributed by atoms with Crippen molar-refractivity contribution in [3.05, 3.63) is 29.3 Å². The number of nitrogens with zero attached hydrogens (tertiary/aromatic N) is 1. The molecule has 1 aliphatic carbocycles. The van der Waals surface area contributed by atoms with Gasteiger partial charge in [0, 0.05) is 18.6 Å². The summed E-state index contributed by atoms with van der Waals surface area (Å²) < 4.78 is 5.72. The molecule has 26 heavy (non-hydrogen) atoms. The molecule has 0 unspecified atom stereocenters. The third kappa shape index (κ3) is 6.18. The number of hydrogen-bond acceptors (Lipinski definition) is 4. The molecule has 0 spiro atoms. The van der Waals surface area contributed by atoms with E-state index in [-0.39, 0.29) is 25.2 Å². The van der Waals surface area contributed by atoms with Crippen LogP contribution in [0.25, 0.3) is 0 Å². The lowest BCUT2D eigenvalue weighted by Crippen LogP contribution is -2.48. The van der Waals surface area contributed by atoms with Crippen molar-refractivity contribution in [1.29, 1.82) is 0 Å². The third-order valence-electron chi connectivity index (χ3n) is 5.04. The van der Waals surface area contributed by atoms with Gasteiger partial charge in [-0.25, -0.2) is 4.79 Å². The second-order valence-corrected chi connectivity index (χ2v) is 7.52. The Morgan fingerprint density at radius 2 is 2.00 bits per heavy atom. The molecule has 1 aromatic carbocycles. The highest BCUT2D eigenvalue weighted by Crippen LogP contribution is 2.22. The van der Waals surface area contributed by atoms with E-state index in [1.54, 1.807) is 0 Å². The van der Waals surface area contributed by atoms with E-state index in [1.165, 1.54) is 6.42 Å². The maximum absolute atomic E-state index is 12.1. The highest BCUT2D eigenvalue weighted by Gasteiger charge is 2.24. The second kappa shape index (κ2) is 9.78. The molecule has 1 saturated carbocycles. The largest absolute Gasteiger partial charge is 0.490 e. The lowest BCUT2D eigenvalue weighted by atomic mass is 9.90. The summed E-state index contributed by atoms with van der Waals surface area (Å²) in [5.74, 6) is 0.799. The Hall–Kier alpha value is -1.79. The van der Waals surface area contributed by atoms with Gasteiger partial charge in [0.2, 0.25) is 0 Å². The average molecular weight is 364 g/mol. The molecule has 6 nitrogen and oxygen atoms in total. The number of hydrogen-bond donors (Lipinski definition) is 3. The average Bonchev–Trinajstić information content (AvgIpc) is 2.59. The van der Waals surface area contributed by atoms with Crippen LogP contribution in [0.15, 0.2) is 18.2 Å². The fourth-order valence-corrected chi connectivity index (χ4v) is 3.48. The van der Waals surface area contributed by atoms with Gasteiger partial charge < -0.3 is 25.4 Å². The van der Waals surface area contributed by atoms with E-state index in [9.17, 15) is 9.90 Å². The zero-order valence-electron chi connectivity index (χ0n) is 16.4. The monoisotopic (exact) mass is 363 g/mol. The molecule has 3 atom stereocenters. The van der Waals surface area contributed by atoms with Gasteiger partial charge in [-0.3, -0.25) is 0 Å². The predicted octanol–water partition coefficient (Wildman–Crippen LogP) is 2.22. The van der Waals surface area contributed by atoms with E-state index in [0.29, 0.717) is 6.04 Å². The molecule has 0 aromatic heterocycles. The van der Waals surface area contributed by atoms with Crippen LogP contribution in [-0.2, 0) is 0 Å². The van der Waals surface area contributed by atoms with Gasteiger partial charge in [0.25, 0.3) is 0 Å². The van der Waals surface area contributed by atoms with Crippen molar-refractivity contribution in [2.75, 3.05) is 27.2 Å². The summed E-state index contributed by atoms with van der Waals surface area (Å²) in [6, 6.07) is 6.42. The number of aliphatic hydroxyl groups excluding tert-OH is 1. The van der Waals surface area contributed by atoms with Gasteiger partial charge in [-0.2, -0.15) is 0 Å². The second-order valence-electron chi connectivity index (χ2n) is 7.52. The number of benzene rings is 1. The summed E-state index contributed by atoms with van der Waals surface area (Å²) in [4.78, 5) is 14.3. The van der Waals surface area contributed by atoms with Crippen molar-refractivity contribution in [1.82, 2.24) is 15.5 Å². The smallest absolute Gasteiger partial charge is 0.315 e. The lowest BCUT2D eigenvalue weighted by molar-refractivity contribution is 0.106. The quantitative estimate of drug-likeness (QED) is 0.694. The highest BCUT2D eigenvalue weighted by molar-refractivity contribution is 5.74. The van der Waals surface area contributed by atoms with E-state index in [2.05, 4.69) is 29.6 Å². The maximum atomic E-state index is 12.1.